The van der Waals surface area contributed by atoms with Gasteiger partial charge in [0.15, 0.2) is 5.58 Å². The normalized spacial score (nSPS) is 18.1. The molecule has 0 bridgehead atoms. The molecule has 56 heavy (non-hydrogen) atoms. The number of nitrogens with zero attached hydrogens (tertiary/aromatic N) is 3. The predicted molar refractivity (Wildman–Crippen MR) is 207 cm³/mol. The van der Waals surface area contributed by atoms with Crippen LogP contribution in [0, 0.1) is 19.8 Å². The fourth-order valence-corrected chi connectivity index (χ4v) is 7.92. The third kappa shape index (κ3) is 7.93. The minimum absolute atomic E-state index is 0.0260. The van der Waals surface area contributed by atoms with Crippen LogP contribution in [0.25, 0.3) is 45.8 Å². The van der Waals surface area contributed by atoms with Crippen molar-refractivity contribution >= 4 is 35.1 Å². The van der Waals surface area contributed by atoms with Crippen LogP contribution in [0.5, 0.6) is 5.75 Å². The van der Waals surface area contributed by atoms with E-state index in [1.807, 2.05) is 66.1 Å². The Kier molecular flexibility index (Phi) is 10.8. The molecule has 0 spiro atoms. The van der Waals surface area contributed by atoms with Crippen molar-refractivity contribution in [2.24, 2.45) is 11.7 Å². The Hall–Kier alpha value is -5.50. The number of alkyl halides is 3. The molecule has 10 nitrogen and oxygen atoms in total. The van der Waals surface area contributed by atoms with Crippen molar-refractivity contribution in [1.29, 1.82) is 0 Å². The molecule has 0 aliphatic carbocycles. The maximum atomic E-state index is 14.4. The van der Waals surface area contributed by atoms with Crippen LogP contribution >= 0.6 is 0 Å². The van der Waals surface area contributed by atoms with Crippen molar-refractivity contribution in [3.05, 3.63) is 105 Å². The highest BCUT2D eigenvalue weighted by atomic mass is 19.4. The van der Waals surface area contributed by atoms with E-state index < -0.39 is 35.6 Å². The van der Waals surface area contributed by atoms with Gasteiger partial charge in [-0.15, -0.1) is 0 Å². The first-order chi connectivity index (χ1) is 26.7. The average molecular weight is 769 g/mol. The predicted octanol–water partition coefficient (Wildman–Crippen LogP) is 7.55. The lowest BCUT2D eigenvalue weighted by Crippen LogP contribution is -2.23. The molecule has 4 aromatic carbocycles. The zero-order valence-corrected chi connectivity index (χ0v) is 31.3. The molecule has 7 rings (SSSR count). The number of carbonyl (C=O) groups is 2. The van der Waals surface area contributed by atoms with Gasteiger partial charge >= 0.3 is 12.1 Å². The molecule has 2 fully saturated rings. The highest BCUT2D eigenvalue weighted by Crippen LogP contribution is 2.39. The molecule has 2 atom stereocenters. The molecule has 1 aromatic heterocycles. The number of oxazole rings is 1. The van der Waals surface area contributed by atoms with Crippen molar-refractivity contribution < 1.29 is 42.1 Å². The molecule has 13 heteroatoms. The molecular weight excluding hydrogens is 725 g/mol. The van der Waals surface area contributed by atoms with Crippen molar-refractivity contribution in [1.82, 2.24) is 14.8 Å². The number of primary amides is 1. The SMILES string of the molecule is COc1cc(/C=C/c2cccc(-c3cccc(-c4nc5cc(CN6CC[C@@H](C(=O)O)C6)cc(C(N)=O)c5o4)c3C)c2C)c(C(F)(F)F)cc1CN1CC[C@@H](O)C1. The fraction of sp³-hybridized carbons (Fsp3) is 0.326. The third-order valence-corrected chi connectivity index (χ3v) is 10.9. The molecule has 0 unspecified atom stereocenters. The second-order valence-corrected chi connectivity index (χ2v) is 14.7. The number of nitrogens with two attached hydrogens (primary N) is 1. The van der Waals surface area contributed by atoms with Crippen molar-refractivity contribution in [2.75, 3.05) is 33.3 Å². The van der Waals surface area contributed by atoms with Gasteiger partial charge in [-0.1, -0.05) is 42.5 Å². The van der Waals surface area contributed by atoms with E-state index in [4.69, 9.17) is 19.9 Å². The number of rotatable bonds is 11. The Morgan fingerprint density at radius 2 is 1.61 bits per heavy atom. The summed E-state index contributed by atoms with van der Waals surface area (Å²) in [6.45, 7) is 6.54. The number of carboxylic acid groups (broad SMARTS) is 1. The number of aliphatic carboxylic acids is 1. The van der Waals surface area contributed by atoms with Crippen LogP contribution in [0.3, 0.4) is 0 Å². The zero-order chi connectivity index (χ0) is 39.9. The molecule has 1 amide bonds. The number of aliphatic hydroxyl groups is 1. The first-order valence-corrected chi connectivity index (χ1v) is 18.4. The van der Waals surface area contributed by atoms with E-state index in [1.54, 1.807) is 12.1 Å². The molecule has 2 aliphatic rings. The van der Waals surface area contributed by atoms with Crippen LogP contribution in [0.15, 0.2) is 65.1 Å². The molecule has 5 aromatic rings. The second-order valence-electron chi connectivity index (χ2n) is 14.7. The van der Waals surface area contributed by atoms with E-state index >= 15 is 0 Å². The monoisotopic (exact) mass is 768 g/mol. The molecule has 2 aliphatic heterocycles. The summed E-state index contributed by atoms with van der Waals surface area (Å²) in [6.07, 6.45) is -0.841. The minimum atomic E-state index is -4.61. The highest BCUT2D eigenvalue weighted by Gasteiger charge is 2.35. The maximum Gasteiger partial charge on any atom is 0.417 e. The topological polar surface area (TPSA) is 142 Å². The summed E-state index contributed by atoms with van der Waals surface area (Å²) in [5, 5.41) is 19.3. The number of fused-ring (bicyclic) bond motifs is 1. The van der Waals surface area contributed by atoms with Crippen LogP contribution in [0.1, 0.15) is 62.1 Å². The number of carboxylic acids is 1. The number of ether oxygens (including phenoxy) is 1. The van der Waals surface area contributed by atoms with Crippen LogP contribution in [0.4, 0.5) is 13.2 Å². The van der Waals surface area contributed by atoms with Gasteiger partial charge in [-0.05, 0) is 103 Å². The van der Waals surface area contributed by atoms with Gasteiger partial charge in [0.05, 0.1) is 30.3 Å². The minimum Gasteiger partial charge on any atom is -0.496 e. The van der Waals surface area contributed by atoms with Gasteiger partial charge in [-0.2, -0.15) is 13.2 Å². The molecule has 0 radical (unpaired) electrons. The van der Waals surface area contributed by atoms with Gasteiger partial charge in [0.2, 0.25) is 5.89 Å². The second kappa shape index (κ2) is 15.6. The number of likely N-dealkylation sites (tertiary alicyclic amines) is 2. The Morgan fingerprint density at radius 1 is 0.929 bits per heavy atom. The fourth-order valence-electron chi connectivity index (χ4n) is 7.92. The summed E-state index contributed by atoms with van der Waals surface area (Å²) in [6, 6.07) is 17.4. The summed E-state index contributed by atoms with van der Waals surface area (Å²) >= 11 is 0. The van der Waals surface area contributed by atoms with Gasteiger partial charge < -0.3 is 25.1 Å². The Labute approximate surface area is 322 Å². The molecule has 292 valence electrons. The Morgan fingerprint density at radius 3 is 2.27 bits per heavy atom. The standard InChI is InChI=1S/C43H43F3N4O6/c1-24-27(10-11-28-19-38(55-3)30(18-36(28)43(44,45)46)22-50-15-13-31(51)23-50)6-4-7-32(24)33-8-5-9-34(25(33)2)41-48-37-17-26(16-35(40(47)52)39(37)56-41)20-49-14-12-29(21-49)42(53)54/h4-11,16-19,29,31,51H,12-15,20-23H2,1-3H3,(H2,47,52)(H,53,54)/b11-10+/t29-,31-/m1/s1. The number of carbonyl (C=O) groups excluding carboxylic acids is 1. The van der Waals surface area contributed by atoms with Gasteiger partial charge in [0, 0.05) is 43.9 Å². The van der Waals surface area contributed by atoms with E-state index in [2.05, 4.69) is 0 Å². The van der Waals surface area contributed by atoms with Crippen LogP contribution < -0.4 is 10.5 Å². The van der Waals surface area contributed by atoms with E-state index in [0.717, 1.165) is 39.4 Å². The lowest BCUT2D eigenvalue weighted by molar-refractivity contribution is -0.141. The van der Waals surface area contributed by atoms with Gasteiger partial charge in [0.1, 0.15) is 11.3 Å². The number of hydrogen-bond acceptors (Lipinski definition) is 8. The van der Waals surface area contributed by atoms with Crippen molar-refractivity contribution in [3.8, 4) is 28.3 Å². The van der Waals surface area contributed by atoms with Crippen LogP contribution in [-0.2, 0) is 24.1 Å². The number of β-amino-alcohol motifs (C(OH)–C–C–N with tert-alkyl or cyclic N) is 1. The number of benzene rings is 4. The highest BCUT2D eigenvalue weighted by molar-refractivity contribution is 6.04. The van der Waals surface area contributed by atoms with Gasteiger partial charge in [0.25, 0.3) is 5.91 Å². The largest absolute Gasteiger partial charge is 0.496 e. The summed E-state index contributed by atoms with van der Waals surface area (Å²) in [5.41, 5.74) is 11.9. The van der Waals surface area contributed by atoms with Crippen molar-refractivity contribution in [3.63, 3.8) is 0 Å². The number of aromatic nitrogens is 1. The Bertz CT molecular complexity index is 2350. The molecule has 0 saturated carbocycles. The van der Waals surface area contributed by atoms with Crippen LogP contribution in [-0.4, -0.2) is 76.3 Å². The molecular formula is C43H43F3N4O6. The first-order valence-electron chi connectivity index (χ1n) is 18.4. The number of aliphatic hydroxyl groups excluding tert-OH is 1. The number of hydrogen-bond donors (Lipinski definition) is 3. The summed E-state index contributed by atoms with van der Waals surface area (Å²) in [5.74, 6) is -1.30. The molecule has 2 saturated heterocycles. The quantitative estimate of drug-likeness (QED) is 0.116. The maximum absolute atomic E-state index is 14.4. The average Bonchev–Trinajstić information content (AvgIpc) is 3.91. The zero-order valence-electron chi connectivity index (χ0n) is 31.3. The number of methoxy groups -OCH3 is 1. The lowest BCUT2D eigenvalue weighted by atomic mass is 9.91. The van der Waals surface area contributed by atoms with Gasteiger partial charge in [-0.25, -0.2) is 4.98 Å². The first kappa shape index (κ1) is 38.8. The van der Waals surface area contributed by atoms with Crippen molar-refractivity contribution in [2.45, 2.75) is 52.1 Å². The summed E-state index contributed by atoms with van der Waals surface area (Å²) in [4.78, 5) is 32.7. The number of amides is 1. The summed E-state index contributed by atoms with van der Waals surface area (Å²) < 4.78 is 55.1. The van der Waals surface area contributed by atoms with E-state index in [-0.39, 0.29) is 29.1 Å². The van der Waals surface area contributed by atoms with Gasteiger partial charge in [-0.3, -0.25) is 19.4 Å². The molecule has 4 N–H and O–H groups in total. The van der Waals surface area contributed by atoms with E-state index in [1.165, 1.54) is 19.3 Å². The smallest absolute Gasteiger partial charge is 0.417 e. The third-order valence-electron chi connectivity index (χ3n) is 10.9. The van der Waals surface area contributed by atoms with E-state index in [9.17, 15) is 33.0 Å². The van der Waals surface area contributed by atoms with Crippen LogP contribution in [0.2, 0.25) is 0 Å². The van der Waals surface area contributed by atoms with E-state index in [0.29, 0.717) is 68.0 Å². The summed E-state index contributed by atoms with van der Waals surface area (Å²) in [7, 11) is 1.44. The Balaban J connectivity index is 1.20. The lowest BCUT2D eigenvalue weighted by Gasteiger charge is -2.20. The molecule has 3 heterocycles. The number of halogens is 3.